The average molecular weight is 271 g/mol. The number of aliphatic carboxylic acids is 1. The quantitative estimate of drug-likeness (QED) is 0.860. The lowest BCUT2D eigenvalue weighted by atomic mass is 10.1. The number of rotatable bonds is 3. The summed E-state index contributed by atoms with van der Waals surface area (Å²) in [6.45, 7) is 1.55. The molecule has 0 aliphatic heterocycles. The summed E-state index contributed by atoms with van der Waals surface area (Å²) < 4.78 is 5.84. The largest absolute Gasteiger partial charge is 0.497 e. The topological polar surface area (TPSA) is 46.5 Å². The smallest absolute Gasteiger partial charge is 0.331 e. The molecule has 1 aromatic carbocycles. The lowest BCUT2D eigenvalue weighted by molar-refractivity contribution is -0.132. The predicted octanol–water partition coefficient (Wildman–Crippen LogP) is 2.95. The highest BCUT2D eigenvalue weighted by Crippen LogP contribution is 2.24. The summed E-state index contributed by atoms with van der Waals surface area (Å²) in [6.07, 6.45) is 1.60. The fourth-order valence-corrected chi connectivity index (χ4v) is 1.52. The van der Waals surface area contributed by atoms with E-state index in [9.17, 15) is 4.79 Å². The zero-order chi connectivity index (χ0) is 11.4. The second-order valence-electron chi connectivity index (χ2n) is 3.02. The van der Waals surface area contributed by atoms with Crippen LogP contribution in [0.4, 0.5) is 0 Å². The Balaban J connectivity index is 3.07. The zero-order valence-corrected chi connectivity index (χ0v) is 10.0. The number of halogens is 1. The molecule has 0 atom stereocenters. The molecule has 1 aromatic rings. The summed E-state index contributed by atoms with van der Waals surface area (Å²) in [4.78, 5) is 10.6. The second kappa shape index (κ2) is 4.98. The van der Waals surface area contributed by atoms with E-state index in [1.807, 2.05) is 0 Å². The Bertz CT molecular complexity index is 410. The van der Waals surface area contributed by atoms with Crippen molar-refractivity contribution in [1.29, 1.82) is 0 Å². The maximum absolute atomic E-state index is 10.6. The molecule has 0 bridgehead atoms. The lowest BCUT2D eigenvalue weighted by Gasteiger charge is -2.03. The first-order chi connectivity index (χ1) is 7.04. The van der Waals surface area contributed by atoms with Gasteiger partial charge in [0.05, 0.1) is 7.11 Å². The van der Waals surface area contributed by atoms with Gasteiger partial charge in [-0.15, -0.1) is 0 Å². The highest BCUT2D eigenvalue weighted by atomic mass is 79.9. The Hall–Kier alpha value is -1.29. The highest BCUT2D eigenvalue weighted by molar-refractivity contribution is 9.10. The molecule has 15 heavy (non-hydrogen) atoms. The van der Waals surface area contributed by atoms with Crippen molar-refractivity contribution in [2.24, 2.45) is 0 Å². The van der Waals surface area contributed by atoms with Gasteiger partial charge in [-0.25, -0.2) is 4.79 Å². The van der Waals surface area contributed by atoms with Crippen LogP contribution in [0.2, 0.25) is 0 Å². The van der Waals surface area contributed by atoms with Crippen molar-refractivity contribution < 1.29 is 14.6 Å². The minimum atomic E-state index is -0.919. The predicted molar refractivity (Wildman–Crippen MR) is 62.0 cm³/mol. The normalized spacial score (nSPS) is 11.3. The molecule has 0 amide bonds. The first kappa shape index (κ1) is 11.8. The summed E-state index contributed by atoms with van der Waals surface area (Å²) in [5.41, 5.74) is 1.11. The molecule has 0 saturated heterocycles. The van der Waals surface area contributed by atoms with Gasteiger partial charge in [0.2, 0.25) is 0 Å². The molecule has 0 aliphatic carbocycles. The van der Waals surface area contributed by atoms with Crippen molar-refractivity contribution in [2.45, 2.75) is 6.92 Å². The van der Waals surface area contributed by atoms with Gasteiger partial charge in [-0.3, -0.25) is 0 Å². The molecule has 0 fully saturated rings. The first-order valence-electron chi connectivity index (χ1n) is 4.29. The monoisotopic (exact) mass is 270 g/mol. The van der Waals surface area contributed by atoms with Gasteiger partial charge in [0.25, 0.3) is 0 Å². The third-order valence-corrected chi connectivity index (χ3v) is 2.60. The van der Waals surface area contributed by atoms with Gasteiger partial charge in [0, 0.05) is 10.0 Å². The van der Waals surface area contributed by atoms with Crippen LogP contribution in [0.5, 0.6) is 5.75 Å². The maximum atomic E-state index is 10.6. The number of hydrogen-bond acceptors (Lipinski definition) is 2. The fourth-order valence-electron chi connectivity index (χ4n) is 1.05. The van der Waals surface area contributed by atoms with Gasteiger partial charge < -0.3 is 9.84 Å². The van der Waals surface area contributed by atoms with Crippen LogP contribution in [0.1, 0.15) is 12.5 Å². The molecule has 1 N–H and O–H groups in total. The number of ether oxygens (including phenoxy) is 1. The molecule has 3 nitrogen and oxygen atoms in total. The maximum Gasteiger partial charge on any atom is 0.331 e. The third kappa shape index (κ3) is 3.09. The van der Waals surface area contributed by atoms with Crippen LogP contribution in [0.3, 0.4) is 0 Å². The zero-order valence-electron chi connectivity index (χ0n) is 8.45. The molecule has 0 radical (unpaired) electrons. The Morgan fingerprint density at radius 3 is 2.67 bits per heavy atom. The van der Waals surface area contributed by atoms with E-state index in [1.54, 1.807) is 38.3 Å². The van der Waals surface area contributed by atoms with Gasteiger partial charge in [-0.1, -0.05) is 22.0 Å². The standard InChI is InChI=1S/C11H11BrO3/c1-7(11(13)14)5-8-3-4-9(15-2)6-10(8)12/h3-6H,1-2H3,(H,13,14)/b7-5-. The molecule has 0 heterocycles. The van der Waals surface area contributed by atoms with Crippen LogP contribution < -0.4 is 4.74 Å². The molecule has 4 heteroatoms. The molecular weight excluding hydrogens is 260 g/mol. The van der Waals surface area contributed by atoms with Crippen LogP contribution in [-0.2, 0) is 4.79 Å². The van der Waals surface area contributed by atoms with Crippen molar-refractivity contribution in [3.63, 3.8) is 0 Å². The summed E-state index contributed by atoms with van der Waals surface area (Å²) in [5, 5.41) is 8.73. The molecule has 0 unspecified atom stereocenters. The van der Waals surface area contributed by atoms with Crippen LogP contribution in [0, 0.1) is 0 Å². The van der Waals surface area contributed by atoms with Gasteiger partial charge in [-0.05, 0) is 30.7 Å². The van der Waals surface area contributed by atoms with E-state index in [4.69, 9.17) is 9.84 Å². The van der Waals surface area contributed by atoms with Crippen LogP contribution >= 0.6 is 15.9 Å². The van der Waals surface area contributed by atoms with Crippen LogP contribution in [-0.4, -0.2) is 18.2 Å². The van der Waals surface area contributed by atoms with E-state index in [0.29, 0.717) is 5.57 Å². The Kier molecular flexibility index (Phi) is 3.91. The van der Waals surface area contributed by atoms with E-state index < -0.39 is 5.97 Å². The molecular formula is C11H11BrO3. The first-order valence-corrected chi connectivity index (χ1v) is 5.09. The van der Waals surface area contributed by atoms with E-state index in [-0.39, 0.29) is 0 Å². The summed E-state index contributed by atoms with van der Waals surface area (Å²) >= 11 is 3.35. The van der Waals surface area contributed by atoms with Crippen molar-refractivity contribution in [2.75, 3.05) is 7.11 Å². The number of carboxylic acids is 1. The molecule has 1 rings (SSSR count). The van der Waals surface area contributed by atoms with E-state index in [2.05, 4.69) is 15.9 Å². The summed E-state index contributed by atoms with van der Waals surface area (Å²) in [7, 11) is 1.58. The van der Waals surface area contributed by atoms with Gasteiger partial charge in [-0.2, -0.15) is 0 Å². The van der Waals surface area contributed by atoms with E-state index >= 15 is 0 Å². The minimum Gasteiger partial charge on any atom is -0.497 e. The number of carbonyl (C=O) groups is 1. The third-order valence-electron chi connectivity index (χ3n) is 1.92. The Labute approximate surface area is 96.5 Å². The van der Waals surface area contributed by atoms with Crippen molar-refractivity contribution in [3.05, 3.63) is 33.8 Å². The van der Waals surface area contributed by atoms with Gasteiger partial charge in [0.1, 0.15) is 5.75 Å². The Morgan fingerprint density at radius 2 is 2.20 bits per heavy atom. The average Bonchev–Trinajstić information content (AvgIpc) is 2.20. The van der Waals surface area contributed by atoms with Crippen molar-refractivity contribution in [1.82, 2.24) is 0 Å². The summed E-state index contributed by atoms with van der Waals surface area (Å²) in [5.74, 6) is -0.190. The fraction of sp³-hybridized carbons (Fsp3) is 0.182. The number of methoxy groups -OCH3 is 1. The number of carboxylic acid groups (broad SMARTS) is 1. The van der Waals surface area contributed by atoms with Gasteiger partial charge in [0.15, 0.2) is 0 Å². The van der Waals surface area contributed by atoms with Crippen molar-refractivity contribution >= 4 is 28.0 Å². The van der Waals surface area contributed by atoms with E-state index in [0.717, 1.165) is 15.8 Å². The highest BCUT2D eigenvalue weighted by Gasteiger charge is 2.03. The molecule has 0 spiro atoms. The van der Waals surface area contributed by atoms with Crippen LogP contribution in [0.25, 0.3) is 6.08 Å². The molecule has 80 valence electrons. The second-order valence-corrected chi connectivity index (χ2v) is 3.87. The summed E-state index contributed by atoms with van der Waals surface area (Å²) in [6, 6.07) is 5.38. The Morgan fingerprint density at radius 1 is 1.53 bits per heavy atom. The number of hydrogen-bond donors (Lipinski definition) is 1. The van der Waals surface area contributed by atoms with Crippen molar-refractivity contribution in [3.8, 4) is 5.75 Å². The SMILES string of the molecule is COc1ccc(/C=C(/C)C(=O)O)c(Br)c1. The minimum absolute atomic E-state index is 0.292. The van der Waals surface area contributed by atoms with E-state index in [1.165, 1.54) is 0 Å². The lowest BCUT2D eigenvalue weighted by Crippen LogP contribution is -1.95. The van der Waals surface area contributed by atoms with Gasteiger partial charge >= 0.3 is 5.97 Å². The molecule has 0 aliphatic rings. The molecule has 0 saturated carbocycles. The number of benzene rings is 1. The molecule has 0 aromatic heterocycles. The van der Waals surface area contributed by atoms with Crippen LogP contribution in [0.15, 0.2) is 28.2 Å².